The summed E-state index contributed by atoms with van der Waals surface area (Å²) in [4.78, 5) is 12.6. The lowest BCUT2D eigenvalue weighted by Gasteiger charge is -2.21. The summed E-state index contributed by atoms with van der Waals surface area (Å²) in [5.41, 5.74) is 2.08. The van der Waals surface area contributed by atoms with Crippen molar-refractivity contribution in [3.8, 4) is 0 Å². The van der Waals surface area contributed by atoms with E-state index in [9.17, 15) is 0 Å². The number of nitrogens with one attached hydrogen (secondary N) is 1. The van der Waals surface area contributed by atoms with Crippen molar-refractivity contribution in [3.05, 3.63) is 39.1 Å². The summed E-state index contributed by atoms with van der Waals surface area (Å²) in [6, 6.07) is 3.99. The van der Waals surface area contributed by atoms with Gasteiger partial charge in [-0.05, 0) is 19.2 Å². The quantitative estimate of drug-likeness (QED) is 0.880. The van der Waals surface area contributed by atoms with Crippen LogP contribution < -0.4 is 10.2 Å². The monoisotopic (exact) mass is 324 g/mol. The van der Waals surface area contributed by atoms with Crippen LogP contribution in [0.15, 0.2) is 18.3 Å². The summed E-state index contributed by atoms with van der Waals surface area (Å²) in [6.45, 7) is 5.75. The van der Waals surface area contributed by atoms with Crippen LogP contribution in [0.4, 0.5) is 5.69 Å². The van der Waals surface area contributed by atoms with Crippen molar-refractivity contribution in [1.29, 1.82) is 0 Å². The molecule has 0 fully saturated rings. The SMILES string of the molecule is CNCc1nc(C(C)C)ncc1N(C)Cc1ccc(Cl)s1. The highest BCUT2D eigenvalue weighted by Crippen LogP contribution is 2.26. The molecular weight excluding hydrogens is 304 g/mol. The summed E-state index contributed by atoms with van der Waals surface area (Å²) in [5.74, 6) is 1.22. The predicted octanol–water partition coefficient (Wildman–Crippen LogP) is 3.67. The maximum absolute atomic E-state index is 5.99. The minimum absolute atomic E-state index is 0.330. The number of halogens is 1. The van der Waals surface area contributed by atoms with Crippen LogP contribution in [0.3, 0.4) is 0 Å². The average molecular weight is 325 g/mol. The topological polar surface area (TPSA) is 41.1 Å². The molecule has 114 valence electrons. The minimum atomic E-state index is 0.330. The molecule has 2 rings (SSSR count). The van der Waals surface area contributed by atoms with Crippen molar-refractivity contribution < 1.29 is 0 Å². The van der Waals surface area contributed by atoms with E-state index in [2.05, 4.69) is 42.2 Å². The Balaban J connectivity index is 2.24. The van der Waals surface area contributed by atoms with Gasteiger partial charge in [0.15, 0.2) is 0 Å². The third kappa shape index (κ3) is 4.15. The lowest BCUT2D eigenvalue weighted by Crippen LogP contribution is -2.21. The molecule has 0 aliphatic carbocycles. The Hall–Kier alpha value is -1.17. The molecule has 21 heavy (non-hydrogen) atoms. The zero-order valence-electron chi connectivity index (χ0n) is 12.9. The Morgan fingerprint density at radius 1 is 1.38 bits per heavy atom. The number of hydrogen-bond donors (Lipinski definition) is 1. The van der Waals surface area contributed by atoms with Crippen LogP contribution in [-0.2, 0) is 13.1 Å². The van der Waals surface area contributed by atoms with Gasteiger partial charge in [-0.2, -0.15) is 0 Å². The number of aromatic nitrogens is 2. The molecule has 2 aromatic rings. The first-order valence-corrected chi connectivity index (χ1v) is 8.16. The van der Waals surface area contributed by atoms with Crippen LogP contribution >= 0.6 is 22.9 Å². The van der Waals surface area contributed by atoms with E-state index in [1.54, 1.807) is 11.3 Å². The van der Waals surface area contributed by atoms with Gasteiger partial charge in [-0.1, -0.05) is 25.4 Å². The smallest absolute Gasteiger partial charge is 0.131 e. The number of anilines is 1. The Kier molecular flexibility index (Phi) is 5.56. The van der Waals surface area contributed by atoms with E-state index in [-0.39, 0.29) is 0 Å². The summed E-state index contributed by atoms with van der Waals surface area (Å²) >= 11 is 7.60. The molecule has 1 N–H and O–H groups in total. The molecule has 6 heteroatoms. The Morgan fingerprint density at radius 3 is 2.71 bits per heavy atom. The van der Waals surface area contributed by atoms with E-state index in [4.69, 9.17) is 16.6 Å². The molecule has 0 saturated heterocycles. The highest BCUT2D eigenvalue weighted by atomic mass is 35.5. The fourth-order valence-corrected chi connectivity index (χ4v) is 3.22. The van der Waals surface area contributed by atoms with Crippen molar-refractivity contribution in [2.45, 2.75) is 32.9 Å². The molecule has 2 aromatic heterocycles. The molecule has 0 aliphatic heterocycles. The molecule has 0 spiro atoms. The van der Waals surface area contributed by atoms with Gasteiger partial charge >= 0.3 is 0 Å². The first-order valence-electron chi connectivity index (χ1n) is 6.97. The van der Waals surface area contributed by atoms with Crippen LogP contribution in [0.5, 0.6) is 0 Å². The van der Waals surface area contributed by atoms with Gasteiger partial charge in [0.2, 0.25) is 0 Å². The standard InChI is InChI=1S/C15H21ClN4S/c1-10(2)15-18-8-13(12(19-15)7-17-3)20(4)9-11-5-6-14(16)21-11/h5-6,8,10,17H,7,9H2,1-4H3. The molecule has 0 saturated carbocycles. The molecule has 0 aromatic carbocycles. The predicted molar refractivity (Wildman–Crippen MR) is 90.3 cm³/mol. The highest BCUT2D eigenvalue weighted by molar-refractivity contribution is 7.16. The molecule has 0 atom stereocenters. The molecule has 2 heterocycles. The Morgan fingerprint density at radius 2 is 2.14 bits per heavy atom. The van der Waals surface area contributed by atoms with Crippen molar-refractivity contribution in [2.24, 2.45) is 0 Å². The molecule has 4 nitrogen and oxygen atoms in total. The summed E-state index contributed by atoms with van der Waals surface area (Å²) < 4.78 is 0.820. The molecule has 0 unspecified atom stereocenters. The maximum atomic E-state index is 5.99. The second-order valence-electron chi connectivity index (χ2n) is 5.31. The van der Waals surface area contributed by atoms with Crippen LogP contribution in [0.1, 0.15) is 36.2 Å². The lowest BCUT2D eigenvalue weighted by molar-refractivity contribution is 0.720. The van der Waals surface area contributed by atoms with E-state index in [1.165, 1.54) is 4.88 Å². The Labute approximate surface area is 135 Å². The second-order valence-corrected chi connectivity index (χ2v) is 7.11. The molecule has 0 aliphatic rings. The van der Waals surface area contributed by atoms with E-state index in [1.807, 2.05) is 19.3 Å². The van der Waals surface area contributed by atoms with Crippen LogP contribution in [0.2, 0.25) is 4.34 Å². The first kappa shape index (κ1) is 16.2. The van der Waals surface area contributed by atoms with E-state index in [0.29, 0.717) is 5.92 Å². The van der Waals surface area contributed by atoms with Crippen molar-refractivity contribution in [2.75, 3.05) is 19.0 Å². The number of rotatable bonds is 6. The minimum Gasteiger partial charge on any atom is -0.367 e. The molecule has 0 bridgehead atoms. The third-order valence-corrected chi connectivity index (χ3v) is 4.37. The van der Waals surface area contributed by atoms with E-state index in [0.717, 1.165) is 34.6 Å². The van der Waals surface area contributed by atoms with Gasteiger partial charge in [-0.15, -0.1) is 11.3 Å². The third-order valence-electron chi connectivity index (χ3n) is 3.16. The normalized spacial score (nSPS) is 11.1. The fourth-order valence-electron chi connectivity index (χ4n) is 2.08. The van der Waals surface area contributed by atoms with Crippen LogP contribution in [0, 0.1) is 0 Å². The summed E-state index contributed by atoms with van der Waals surface area (Å²) in [6.07, 6.45) is 1.92. The van der Waals surface area contributed by atoms with Crippen LogP contribution in [0.25, 0.3) is 0 Å². The van der Waals surface area contributed by atoms with Gasteiger partial charge in [0.1, 0.15) is 5.82 Å². The van der Waals surface area contributed by atoms with Gasteiger partial charge in [-0.3, -0.25) is 0 Å². The average Bonchev–Trinajstić information content (AvgIpc) is 2.84. The highest BCUT2D eigenvalue weighted by Gasteiger charge is 2.13. The lowest BCUT2D eigenvalue weighted by atomic mass is 10.2. The maximum Gasteiger partial charge on any atom is 0.131 e. The zero-order valence-corrected chi connectivity index (χ0v) is 14.4. The molecule has 0 amide bonds. The van der Waals surface area contributed by atoms with Gasteiger partial charge in [0.25, 0.3) is 0 Å². The largest absolute Gasteiger partial charge is 0.367 e. The van der Waals surface area contributed by atoms with Crippen LogP contribution in [-0.4, -0.2) is 24.1 Å². The second kappa shape index (κ2) is 7.20. The first-order chi connectivity index (χ1) is 10.0. The zero-order chi connectivity index (χ0) is 15.4. The van der Waals surface area contributed by atoms with Crippen molar-refractivity contribution >= 4 is 28.6 Å². The van der Waals surface area contributed by atoms with Gasteiger partial charge in [0, 0.05) is 24.4 Å². The summed E-state index contributed by atoms with van der Waals surface area (Å²) in [5, 5.41) is 3.18. The van der Waals surface area contributed by atoms with Crippen molar-refractivity contribution in [1.82, 2.24) is 15.3 Å². The van der Waals surface area contributed by atoms with Gasteiger partial charge in [0.05, 0.1) is 28.5 Å². The molecular formula is C15H21ClN4S. The molecule has 0 radical (unpaired) electrons. The van der Waals surface area contributed by atoms with Gasteiger partial charge < -0.3 is 10.2 Å². The van der Waals surface area contributed by atoms with E-state index < -0.39 is 0 Å². The van der Waals surface area contributed by atoms with Gasteiger partial charge in [-0.25, -0.2) is 9.97 Å². The number of nitrogens with zero attached hydrogens (tertiary/aromatic N) is 3. The van der Waals surface area contributed by atoms with E-state index >= 15 is 0 Å². The fraction of sp³-hybridized carbons (Fsp3) is 0.467. The van der Waals surface area contributed by atoms with Crippen molar-refractivity contribution in [3.63, 3.8) is 0 Å². The number of thiophene rings is 1. The summed E-state index contributed by atoms with van der Waals surface area (Å²) in [7, 11) is 3.99. The number of hydrogen-bond acceptors (Lipinski definition) is 5. The Bertz CT molecular complexity index is 597.